The zero-order chi connectivity index (χ0) is 18.9. The molecule has 0 aromatic heterocycles. The van der Waals surface area contributed by atoms with Crippen LogP contribution >= 0.6 is 15.9 Å². The van der Waals surface area contributed by atoms with E-state index in [4.69, 9.17) is 0 Å². The number of carbonyl (C=O) groups excluding carboxylic acids is 2. The van der Waals surface area contributed by atoms with E-state index in [1.54, 1.807) is 24.3 Å². The summed E-state index contributed by atoms with van der Waals surface area (Å²) in [6.07, 6.45) is 1.37. The number of amides is 2. The number of hydrazone groups is 1. The molecule has 26 heavy (non-hydrogen) atoms. The lowest BCUT2D eigenvalue weighted by atomic mass is 10.2. The highest BCUT2D eigenvalue weighted by Gasteiger charge is 2.07. The lowest BCUT2D eigenvalue weighted by Gasteiger charge is -2.04. The molecule has 0 saturated carbocycles. The van der Waals surface area contributed by atoms with Gasteiger partial charge in [0.2, 0.25) is 11.8 Å². The van der Waals surface area contributed by atoms with Crippen molar-refractivity contribution in [3.8, 4) is 0 Å². The van der Waals surface area contributed by atoms with Crippen molar-refractivity contribution in [2.24, 2.45) is 5.10 Å². The Kier molecular flexibility index (Phi) is 6.98. The molecule has 0 radical (unpaired) electrons. The number of nitrogens with zero attached hydrogens (tertiary/aromatic N) is 2. The average Bonchev–Trinajstić information content (AvgIpc) is 2.62. The van der Waals surface area contributed by atoms with Crippen LogP contribution in [0, 0.1) is 10.1 Å². The molecule has 0 spiro atoms. The van der Waals surface area contributed by atoms with Gasteiger partial charge in [-0.2, -0.15) is 5.10 Å². The van der Waals surface area contributed by atoms with Crippen LogP contribution in [0.1, 0.15) is 18.4 Å². The lowest BCUT2D eigenvalue weighted by Crippen LogP contribution is -2.20. The third-order valence-electron chi connectivity index (χ3n) is 3.21. The Labute approximate surface area is 157 Å². The van der Waals surface area contributed by atoms with Crippen LogP contribution in [0.15, 0.2) is 58.1 Å². The predicted octanol–water partition coefficient (Wildman–Crippen LogP) is 3.23. The summed E-state index contributed by atoms with van der Waals surface area (Å²) in [7, 11) is 0. The fourth-order valence-corrected chi connectivity index (χ4v) is 2.16. The number of hydrogen-bond donors (Lipinski definition) is 2. The number of carbonyl (C=O) groups is 2. The summed E-state index contributed by atoms with van der Waals surface area (Å²) in [6, 6.07) is 12.8. The Hall–Kier alpha value is -3.07. The maximum absolute atomic E-state index is 11.8. The number of anilines is 1. The molecule has 9 heteroatoms. The Morgan fingerprint density at radius 1 is 1.04 bits per heavy atom. The summed E-state index contributed by atoms with van der Waals surface area (Å²) >= 11 is 3.30. The molecule has 0 aliphatic rings. The van der Waals surface area contributed by atoms with E-state index in [1.165, 1.54) is 30.5 Å². The van der Waals surface area contributed by atoms with Gasteiger partial charge in [0.1, 0.15) is 0 Å². The van der Waals surface area contributed by atoms with Gasteiger partial charge in [-0.3, -0.25) is 19.7 Å². The van der Waals surface area contributed by atoms with Crippen molar-refractivity contribution in [3.63, 3.8) is 0 Å². The third kappa shape index (κ3) is 6.44. The molecule has 0 atom stereocenters. The first-order valence-electron chi connectivity index (χ1n) is 7.56. The number of nitro groups is 1. The smallest absolute Gasteiger partial charge is 0.269 e. The SMILES string of the molecule is O=C(CCC(=O)Nc1ccc(Br)cc1)NN=Cc1ccc([N+](=O)[O-])cc1. The maximum Gasteiger partial charge on any atom is 0.269 e. The van der Waals surface area contributed by atoms with Gasteiger partial charge in [0.05, 0.1) is 11.1 Å². The molecule has 2 aromatic carbocycles. The first kappa shape index (κ1) is 19.3. The van der Waals surface area contributed by atoms with Crippen LogP contribution in [-0.4, -0.2) is 23.0 Å². The number of non-ortho nitro benzene ring substituents is 1. The van der Waals surface area contributed by atoms with Crippen molar-refractivity contribution in [2.45, 2.75) is 12.8 Å². The van der Waals surface area contributed by atoms with Crippen LogP contribution in [0.25, 0.3) is 0 Å². The quantitative estimate of drug-likeness (QED) is 0.408. The Bertz CT molecular complexity index is 820. The first-order valence-corrected chi connectivity index (χ1v) is 8.35. The molecule has 0 aliphatic heterocycles. The Balaban J connectivity index is 1.73. The second-order valence-electron chi connectivity index (χ2n) is 5.20. The summed E-state index contributed by atoms with van der Waals surface area (Å²) in [5, 5.41) is 17.0. The highest BCUT2D eigenvalue weighted by Crippen LogP contribution is 2.14. The Morgan fingerprint density at radius 2 is 1.65 bits per heavy atom. The van der Waals surface area contributed by atoms with Gasteiger partial charge in [-0.1, -0.05) is 15.9 Å². The molecule has 8 nitrogen and oxygen atoms in total. The van der Waals surface area contributed by atoms with E-state index < -0.39 is 10.8 Å². The lowest BCUT2D eigenvalue weighted by molar-refractivity contribution is -0.384. The molecule has 2 aromatic rings. The number of rotatable bonds is 7. The fraction of sp³-hybridized carbons (Fsp3) is 0.118. The fourth-order valence-electron chi connectivity index (χ4n) is 1.90. The zero-order valence-corrected chi connectivity index (χ0v) is 15.1. The molecule has 0 saturated heterocycles. The second-order valence-corrected chi connectivity index (χ2v) is 6.11. The minimum Gasteiger partial charge on any atom is -0.326 e. The van der Waals surface area contributed by atoms with E-state index in [1.807, 2.05) is 0 Å². The van der Waals surface area contributed by atoms with Crippen molar-refractivity contribution in [3.05, 3.63) is 68.7 Å². The maximum atomic E-state index is 11.8. The summed E-state index contributed by atoms with van der Waals surface area (Å²) in [5.74, 6) is -0.684. The van der Waals surface area contributed by atoms with E-state index in [0.29, 0.717) is 11.3 Å². The highest BCUT2D eigenvalue weighted by molar-refractivity contribution is 9.10. The molecule has 0 bridgehead atoms. The summed E-state index contributed by atoms with van der Waals surface area (Å²) in [5.41, 5.74) is 3.53. The second kappa shape index (κ2) is 9.42. The van der Waals surface area contributed by atoms with Gasteiger partial charge in [-0.15, -0.1) is 0 Å². The molecule has 134 valence electrons. The molecular weight excluding hydrogens is 404 g/mol. The summed E-state index contributed by atoms with van der Waals surface area (Å²) in [6.45, 7) is 0. The van der Waals surface area contributed by atoms with E-state index in [-0.39, 0.29) is 24.4 Å². The first-order chi connectivity index (χ1) is 12.4. The molecule has 2 rings (SSSR count). The average molecular weight is 419 g/mol. The number of nitro benzene ring substituents is 1. The number of halogens is 1. The van der Waals surface area contributed by atoms with E-state index in [0.717, 1.165) is 4.47 Å². The van der Waals surface area contributed by atoms with Gasteiger partial charge < -0.3 is 5.32 Å². The largest absolute Gasteiger partial charge is 0.326 e. The number of hydrogen-bond acceptors (Lipinski definition) is 5. The molecular formula is C17H15BrN4O4. The third-order valence-corrected chi connectivity index (χ3v) is 3.74. The van der Waals surface area contributed by atoms with Crippen LogP contribution < -0.4 is 10.7 Å². The van der Waals surface area contributed by atoms with Crippen LogP contribution in [0.3, 0.4) is 0 Å². The molecule has 0 heterocycles. The van der Waals surface area contributed by atoms with Crippen molar-refractivity contribution in [1.29, 1.82) is 0 Å². The number of benzene rings is 2. The topological polar surface area (TPSA) is 114 Å². The molecule has 0 unspecified atom stereocenters. The van der Waals surface area contributed by atoms with E-state index >= 15 is 0 Å². The minimum absolute atomic E-state index is 0.0139. The molecule has 2 N–H and O–H groups in total. The normalized spacial score (nSPS) is 10.5. The van der Waals surface area contributed by atoms with Crippen molar-refractivity contribution in [2.75, 3.05) is 5.32 Å². The van der Waals surface area contributed by atoms with E-state index in [2.05, 4.69) is 31.8 Å². The molecule has 0 fully saturated rings. The van der Waals surface area contributed by atoms with Gasteiger partial charge in [-0.25, -0.2) is 5.43 Å². The molecule has 0 aliphatic carbocycles. The van der Waals surface area contributed by atoms with Crippen molar-refractivity contribution in [1.82, 2.24) is 5.43 Å². The van der Waals surface area contributed by atoms with Gasteiger partial charge in [0.15, 0.2) is 0 Å². The van der Waals surface area contributed by atoms with Crippen LogP contribution in [-0.2, 0) is 9.59 Å². The minimum atomic E-state index is -0.498. The Morgan fingerprint density at radius 3 is 2.27 bits per heavy atom. The van der Waals surface area contributed by atoms with Crippen molar-refractivity contribution < 1.29 is 14.5 Å². The van der Waals surface area contributed by atoms with Gasteiger partial charge >= 0.3 is 0 Å². The monoisotopic (exact) mass is 418 g/mol. The predicted molar refractivity (Wildman–Crippen MR) is 101 cm³/mol. The van der Waals surface area contributed by atoms with Crippen LogP contribution in [0.5, 0.6) is 0 Å². The van der Waals surface area contributed by atoms with Crippen LogP contribution in [0.4, 0.5) is 11.4 Å². The summed E-state index contributed by atoms with van der Waals surface area (Å²) in [4.78, 5) is 33.5. The summed E-state index contributed by atoms with van der Waals surface area (Å²) < 4.78 is 0.903. The standard InChI is InChI=1S/C17H15BrN4O4/c18-13-3-5-14(6-4-13)20-16(23)9-10-17(24)21-19-11-12-1-7-15(8-2-12)22(25)26/h1-8,11H,9-10H2,(H,20,23)(H,21,24). The van der Waals surface area contributed by atoms with E-state index in [9.17, 15) is 19.7 Å². The number of nitrogens with one attached hydrogen (secondary N) is 2. The van der Waals surface area contributed by atoms with Gasteiger partial charge in [0.25, 0.3) is 5.69 Å². The van der Waals surface area contributed by atoms with Crippen molar-refractivity contribution >= 4 is 45.3 Å². The highest BCUT2D eigenvalue weighted by atomic mass is 79.9. The molecule has 2 amide bonds. The van der Waals surface area contributed by atoms with Crippen LogP contribution in [0.2, 0.25) is 0 Å². The zero-order valence-electron chi connectivity index (χ0n) is 13.5. The van der Waals surface area contributed by atoms with Gasteiger partial charge in [0, 0.05) is 35.1 Å². The van der Waals surface area contributed by atoms with Gasteiger partial charge in [-0.05, 0) is 42.0 Å².